The van der Waals surface area contributed by atoms with Crippen LogP contribution in [0.1, 0.15) is 12.5 Å². The molecule has 0 saturated carbocycles. The molecule has 0 aliphatic carbocycles. The van der Waals surface area contributed by atoms with Gasteiger partial charge in [0, 0.05) is 18.9 Å². The highest BCUT2D eigenvalue weighted by atomic mass is 16.5. The van der Waals surface area contributed by atoms with Gasteiger partial charge in [-0.25, -0.2) is 4.79 Å². The Kier molecular flexibility index (Phi) is 6.04. The smallest absolute Gasteiger partial charge is 0.317 e. The highest BCUT2D eigenvalue weighted by molar-refractivity contribution is 5.73. The molecule has 0 unspecified atom stereocenters. The number of nitrogens with zero attached hydrogens (tertiary/aromatic N) is 1. The minimum atomic E-state index is -0.308. The van der Waals surface area contributed by atoms with Gasteiger partial charge >= 0.3 is 6.03 Å². The Bertz CT molecular complexity index is 590. The third-order valence-electron chi connectivity index (χ3n) is 2.79. The van der Waals surface area contributed by atoms with E-state index in [1.54, 1.807) is 18.5 Å². The molecule has 22 heavy (non-hydrogen) atoms. The fraction of sp³-hybridized carbons (Fsp3) is 0.250. The number of hydrogen-bond acceptors (Lipinski definition) is 4. The van der Waals surface area contributed by atoms with Gasteiger partial charge in [0.05, 0.1) is 6.61 Å². The van der Waals surface area contributed by atoms with Crippen LogP contribution in [0.3, 0.4) is 0 Å². The summed E-state index contributed by atoms with van der Waals surface area (Å²) in [5, 5.41) is 5.35. The van der Waals surface area contributed by atoms with Gasteiger partial charge in [-0.1, -0.05) is 18.2 Å². The molecular formula is C16H19N3O3. The molecule has 0 atom stereocenters. The van der Waals surface area contributed by atoms with Crippen molar-refractivity contribution in [2.24, 2.45) is 0 Å². The van der Waals surface area contributed by atoms with E-state index in [0.29, 0.717) is 24.7 Å². The van der Waals surface area contributed by atoms with E-state index in [4.69, 9.17) is 9.47 Å². The zero-order chi connectivity index (χ0) is 15.6. The molecule has 2 rings (SSSR count). The molecule has 6 nitrogen and oxygen atoms in total. The zero-order valence-electron chi connectivity index (χ0n) is 12.4. The Morgan fingerprint density at radius 2 is 1.86 bits per heavy atom. The molecule has 0 saturated heterocycles. The lowest BCUT2D eigenvalue weighted by Crippen LogP contribution is -2.37. The Morgan fingerprint density at radius 3 is 2.55 bits per heavy atom. The number of aromatic nitrogens is 1. The van der Waals surface area contributed by atoms with E-state index in [-0.39, 0.29) is 12.8 Å². The molecule has 0 aliphatic heterocycles. The summed E-state index contributed by atoms with van der Waals surface area (Å²) in [4.78, 5) is 15.6. The van der Waals surface area contributed by atoms with Crippen LogP contribution in [0.15, 0.2) is 48.8 Å². The minimum absolute atomic E-state index is 0.0585. The molecule has 1 heterocycles. The summed E-state index contributed by atoms with van der Waals surface area (Å²) in [6, 6.07) is 10.7. The van der Waals surface area contributed by atoms with Gasteiger partial charge in [0.2, 0.25) is 0 Å². The Balaban J connectivity index is 1.73. The molecule has 1 aromatic carbocycles. The van der Waals surface area contributed by atoms with Crippen LogP contribution >= 0.6 is 0 Å². The average Bonchev–Trinajstić information content (AvgIpc) is 2.56. The van der Waals surface area contributed by atoms with Crippen LogP contribution < -0.4 is 20.1 Å². The molecule has 0 aliphatic rings. The highest BCUT2D eigenvalue weighted by Crippen LogP contribution is 2.25. The first-order valence-corrected chi connectivity index (χ1v) is 7.05. The van der Waals surface area contributed by atoms with Gasteiger partial charge in [-0.05, 0) is 30.7 Å². The van der Waals surface area contributed by atoms with E-state index in [0.717, 1.165) is 5.56 Å². The topological polar surface area (TPSA) is 72.5 Å². The number of rotatable bonds is 7. The van der Waals surface area contributed by atoms with E-state index < -0.39 is 0 Å². The van der Waals surface area contributed by atoms with E-state index >= 15 is 0 Å². The van der Waals surface area contributed by atoms with Crippen molar-refractivity contribution in [2.45, 2.75) is 13.5 Å². The minimum Gasteiger partial charge on any atom is -0.490 e. The van der Waals surface area contributed by atoms with Crippen molar-refractivity contribution >= 4 is 6.03 Å². The number of para-hydroxylation sites is 2. The Labute approximate surface area is 129 Å². The van der Waals surface area contributed by atoms with Crippen LogP contribution in [0.5, 0.6) is 11.5 Å². The lowest BCUT2D eigenvalue weighted by atomic mass is 10.3. The van der Waals surface area contributed by atoms with E-state index in [1.165, 1.54) is 0 Å². The molecule has 0 fully saturated rings. The molecular weight excluding hydrogens is 282 g/mol. The third kappa shape index (κ3) is 4.97. The van der Waals surface area contributed by atoms with Gasteiger partial charge in [0.15, 0.2) is 18.2 Å². The molecule has 2 N–H and O–H groups in total. The van der Waals surface area contributed by atoms with Gasteiger partial charge < -0.3 is 20.1 Å². The van der Waals surface area contributed by atoms with Gasteiger partial charge in [0.1, 0.15) is 0 Å². The fourth-order valence-corrected chi connectivity index (χ4v) is 1.77. The van der Waals surface area contributed by atoms with Crippen molar-refractivity contribution in [3.63, 3.8) is 0 Å². The normalized spacial score (nSPS) is 9.86. The first-order chi connectivity index (χ1) is 10.8. The predicted molar refractivity (Wildman–Crippen MR) is 82.7 cm³/mol. The summed E-state index contributed by atoms with van der Waals surface area (Å²) in [6.45, 7) is 2.93. The van der Waals surface area contributed by atoms with Crippen molar-refractivity contribution in [1.29, 1.82) is 0 Å². The summed E-state index contributed by atoms with van der Waals surface area (Å²) in [6.07, 6.45) is 3.39. The largest absolute Gasteiger partial charge is 0.490 e. The van der Waals surface area contributed by atoms with Crippen LogP contribution in [0, 0.1) is 0 Å². The number of hydrogen-bond donors (Lipinski definition) is 2. The van der Waals surface area contributed by atoms with Crippen LogP contribution in [0.25, 0.3) is 0 Å². The molecule has 0 bridgehead atoms. The average molecular weight is 301 g/mol. The van der Waals surface area contributed by atoms with Crippen LogP contribution in [-0.4, -0.2) is 24.4 Å². The third-order valence-corrected chi connectivity index (χ3v) is 2.79. The Hall–Kier alpha value is -2.76. The van der Waals surface area contributed by atoms with Gasteiger partial charge in [-0.15, -0.1) is 0 Å². The lowest BCUT2D eigenvalue weighted by molar-refractivity contribution is 0.219. The molecule has 2 amide bonds. The number of amides is 2. The van der Waals surface area contributed by atoms with E-state index in [2.05, 4.69) is 15.6 Å². The summed E-state index contributed by atoms with van der Waals surface area (Å²) in [7, 11) is 0. The summed E-state index contributed by atoms with van der Waals surface area (Å²) >= 11 is 0. The van der Waals surface area contributed by atoms with Crippen LogP contribution in [0.2, 0.25) is 0 Å². The lowest BCUT2D eigenvalue weighted by Gasteiger charge is -2.12. The van der Waals surface area contributed by atoms with Crippen LogP contribution in [0.4, 0.5) is 4.79 Å². The highest BCUT2D eigenvalue weighted by Gasteiger charge is 2.04. The maximum absolute atomic E-state index is 11.7. The number of ether oxygens (including phenoxy) is 2. The molecule has 0 spiro atoms. The standard InChI is InChI=1S/C16H19N3O3/c1-2-21-14-7-3-4-8-15(14)22-12-19-16(20)18-11-13-6-5-9-17-10-13/h3-10H,2,11-12H2,1H3,(H2,18,19,20). The zero-order valence-corrected chi connectivity index (χ0v) is 12.4. The van der Waals surface area contributed by atoms with E-state index in [9.17, 15) is 4.79 Å². The van der Waals surface area contributed by atoms with Gasteiger partial charge in [0.25, 0.3) is 0 Å². The SMILES string of the molecule is CCOc1ccccc1OCNC(=O)NCc1cccnc1. The summed E-state index contributed by atoms with van der Waals surface area (Å²) in [5.74, 6) is 1.25. The predicted octanol–water partition coefficient (Wildman–Crippen LogP) is 2.32. The second-order valence-corrected chi connectivity index (χ2v) is 4.39. The molecule has 1 aromatic heterocycles. The monoisotopic (exact) mass is 301 g/mol. The van der Waals surface area contributed by atoms with Crippen molar-refractivity contribution in [3.05, 3.63) is 54.4 Å². The second kappa shape index (κ2) is 8.51. The van der Waals surface area contributed by atoms with Crippen LogP contribution in [-0.2, 0) is 6.54 Å². The quantitative estimate of drug-likeness (QED) is 0.770. The summed E-state index contributed by atoms with van der Waals surface area (Å²) < 4.78 is 10.9. The first kappa shape index (κ1) is 15.6. The Morgan fingerprint density at radius 1 is 1.09 bits per heavy atom. The molecule has 116 valence electrons. The van der Waals surface area contributed by atoms with E-state index in [1.807, 2.05) is 37.3 Å². The number of benzene rings is 1. The number of carbonyl (C=O) groups excluding carboxylic acids is 1. The maximum atomic E-state index is 11.7. The van der Waals surface area contributed by atoms with Crippen molar-refractivity contribution in [1.82, 2.24) is 15.6 Å². The number of urea groups is 1. The fourth-order valence-electron chi connectivity index (χ4n) is 1.77. The second-order valence-electron chi connectivity index (χ2n) is 4.39. The van der Waals surface area contributed by atoms with Gasteiger partial charge in [-0.3, -0.25) is 4.98 Å². The molecule has 6 heteroatoms. The van der Waals surface area contributed by atoms with Crippen molar-refractivity contribution in [2.75, 3.05) is 13.3 Å². The maximum Gasteiger partial charge on any atom is 0.317 e. The number of nitrogens with one attached hydrogen (secondary N) is 2. The summed E-state index contributed by atoms with van der Waals surface area (Å²) in [5.41, 5.74) is 0.931. The molecule has 0 radical (unpaired) electrons. The number of carbonyl (C=O) groups is 1. The molecule has 2 aromatic rings. The van der Waals surface area contributed by atoms with Crippen molar-refractivity contribution < 1.29 is 14.3 Å². The van der Waals surface area contributed by atoms with Crippen molar-refractivity contribution in [3.8, 4) is 11.5 Å². The number of pyridine rings is 1. The van der Waals surface area contributed by atoms with Gasteiger partial charge in [-0.2, -0.15) is 0 Å². The first-order valence-electron chi connectivity index (χ1n) is 7.05.